The maximum atomic E-state index is 12.8. The lowest BCUT2D eigenvalue weighted by atomic mass is 10.1. The van der Waals surface area contributed by atoms with E-state index in [1.165, 1.54) is 0 Å². The summed E-state index contributed by atoms with van der Waals surface area (Å²) in [5.74, 6) is 0.0649. The first-order valence-corrected chi connectivity index (χ1v) is 10.0. The van der Waals surface area contributed by atoms with Crippen LogP contribution in [0.25, 0.3) is 16.6 Å². The lowest BCUT2D eigenvalue weighted by molar-refractivity contribution is 0.0579. The van der Waals surface area contributed by atoms with Crippen LogP contribution in [0.15, 0.2) is 73.6 Å². The minimum absolute atomic E-state index is 0.00827. The fraction of sp³-hybridized carbons (Fsp3) is 0.217. The van der Waals surface area contributed by atoms with Crippen LogP contribution in [-0.4, -0.2) is 49.4 Å². The van der Waals surface area contributed by atoms with E-state index in [1.54, 1.807) is 24.8 Å². The van der Waals surface area contributed by atoms with Gasteiger partial charge >= 0.3 is 6.01 Å². The molecular formula is C23H21N5O2. The van der Waals surface area contributed by atoms with Crippen molar-refractivity contribution in [2.75, 3.05) is 13.1 Å². The molecule has 4 aromatic rings. The van der Waals surface area contributed by atoms with Gasteiger partial charge in [0.1, 0.15) is 6.10 Å². The highest BCUT2D eigenvalue weighted by molar-refractivity contribution is 5.95. The molecule has 1 amide bonds. The summed E-state index contributed by atoms with van der Waals surface area (Å²) in [6.45, 7) is 1.32. The average Bonchev–Trinajstić information content (AvgIpc) is 3.25. The summed E-state index contributed by atoms with van der Waals surface area (Å²) < 4.78 is 7.92. The van der Waals surface area contributed by atoms with Gasteiger partial charge in [0.25, 0.3) is 5.91 Å². The Morgan fingerprint density at radius 2 is 1.77 bits per heavy atom. The molecule has 0 unspecified atom stereocenters. The SMILES string of the molecule is O=C(c1cc2ccccn2c1)N1CCC(Oc2ncc(-c3ccncc3)cn2)CC1. The van der Waals surface area contributed by atoms with Gasteiger partial charge in [-0.2, -0.15) is 0 Å². The van der Waals surface area contributed by atoms with Crippen LogP contribution < -0.4 is 4.74 Å². The summed E-state index contributed by atoms with van der Waals surface area (Å²) in [5, 5.41) is 0. The predicted molar refractivity (Wildman–Crippen MR) is 112 cm³/mol. The van der Waals surface area contributed by atoms with E-state index in [0.717, 1.165) is 35.0 Å². The Morgan fingerprint density at radius 3 is 2.50 bits per heavy atom. The lowest BCUT2D eigenvalue weighted by Gasteiger charge is -2.31. The lowest BCUT2D eigenvalue weighted by Crippen LogP contribution is -2.41. The topological polar surface area (TPSA) is 72.6 Å². The van der Waals surface area contributed by atoms with Crippen molar-refractivity contribution in [1.82, 2.24) is 24.3 Å². The molecule has 0 atom stereocenters. The normalized spacial score (nSPS) is 14.7. The van der Waals surface area contributed by atoms with Gasteiger partial charge in [0.15, 0.2) is 0 Å². The van der Waals surface area contributed by atoms with E-state index in [9.17, 15) is 4.79 Å². The van der Waals surface area contributed by atoms with Gasteiger partial charge < -0.3 is 14.0 Å². The standard InChI is InChI=1S/C23H21N5O2/c29-22(18-13-20-3-1-2-10-28(20)16-18)27-11-6-21(7-12-27)30-23-25-14-19(15-26-23)17-4-8-24-9-5-17/h1-5,8-10,13-16,21H,6-7,11-12H2. The van der Waals surface area contributed by atoms with E-state index in [0.29, 0.717) is 19.1 Å². The van der Waals surface area contributed by atoms with Gasteiger partial charge in [0, 0.05) is 74.2 Å². The Bertz CT molecular complexity index is 1120. The fourth-order valence-corrected chi connectivity index (χ4v) is 3.75. The first-order valence-electron chi connectivity index (χ1n) is 10.0. The quantitative estimate of drug-likeness (QED) is 0.525. The third kappa shape index (κ3) is 3.74. The second-order valence-corrected chi connectivity index (χ2v) is 7.36. The van der Waals surface area contributed by atoms with Crippen molar-refractivity contribution in [3.8, 4) is 17.1 Å². The summed E-state index contributed by atoms with van der Waals surface area (Å²) in [4.78, 5) is 27.4. The number of nitrogens with zero attached hydrogens (tertiary/aromatic N) is 5. The van der Waals surface area contributed by atoms with E-state index in [2.05, 4.69) is 15.0 Å². The summed E-state index contributed by atoms with van der Waals surface area (Å²) in [5.41, 5.74) is 3.67. The van der Waals surface area contributed by atoms with Crippen molar-refractivity contribution in [1.29, 1.82) is 0 Å². The molecule has 0 spiro atoms. The van der Waals surface area contributed by atoms with Gasteiger partial charge in [-0.15, -0.1) is 0 Å². The van der Waals surface area contributed by atoms with Crippen LogP contribution in [0.3, 0.4) is 0 Å². The molecule has 0 aromatic carbocycles. The van der Waals surface area contributed by atoms with Crippen molar-refractivity contribution in [3.63, 3.8) is 0 Å². The summed E-state index contributed by atoms with van der Waals surface area (Å²) in [7, 11) is 0. The smallest absolute Gasteiger partial charge is 0.316 e. The van der Waals surface area contributed by atoms with Crippen molar-refractivity contribution >= 4 is 11.4 Å². The first-order chi connectivity index (χ1) is 14.8. The Kier molecular flexibility index (Phi) is 4.85. The van der Waals surface area contributed by atoms with Gasteiger partial charge in [-0.3, -0.25) is 9.78 Å². The number of amides is 1. The average molecular weight is 399 g/mol. The third-order valence-electron chi connectivity index (χ3n) is 5.39. The van der Waals surface area contributed by atoms with Gasteiger partial charge in [0.05, 0.1) is 5.56 Å². The number of aromatic nitrogens is 4. The molecule has 0 aliphatic carbocycles. The largest absolute Gasteiger partial charge is 0.460 e. The molecule has 4 aromatic heterocycles. The van der Waals surface area contributed by atoms with Crippen molar-refractivity contribution in [2.24, 2.45) is 0 Å². The van der Waals surface area contributed by atoms with Crippen LogP contribution in [-0.2, 0) is 0 Å². The molecule has 7 heteroatoms. The molecule has 150 valence electrons. The zero-order chi connectivity index (χ0) is 20.3. The molecule has 0 bridgehead atoms. The van der Waals surface area contributed by atoms with Crippen molar-refractivity contribution in [3.05, 3.63) is 79.1 Å². The molecule has 1 fully saturated rings. The Hall–Kier alpha value is -3.74. The zero-order valence-corrected chi connectivity index (χ0v) is 16.4. The number of carbonyl (C=O) groups is 1. The Balaban J connectivity index is 1.18. The van der Waals surface area contributed by atoms with E-state index in [1.807, 2.05) is 58.1 Å². The number of hydrogen-bond donors (Lipinski definition) is 0. The Morgan fingerprint density at radius 1 is 1.00 bits per heavy atom. The van der Waals surface area contributed by atoms with Gasteiger partial charge in [-0.1, -0.05) is 6.07 Å². The number of pyridine rings is 2. The molecule has 5 rings (SSSR count). The zero-order valence-electron chi connectivity index (χ0n) is 16.4. The monoisotopic (exact) mass is 399 g/mol. The molecule has 5 heterocycles. The third-order valence-corrected chi connectivity index (χ3v) is 5.39. The number of likely N-dealkylation sites (tertiary alicyclic amines) is 1. The van der Waals surface area contributed by atoms with E-state index < -0.39 is 0 Å². The van der Waals surface area contributed by atoms with E-state index >= 15 is 0 Å². The maximum Gasteiger partial charge on any atom is 0.316 e. The molecule has 30 heavy (non-hydrogen) atoms. The van der Waals surface area contributed by atoms with Gasteiger partial charge in [-0.05, 0) is 35.9 Å². The Labute approximate surface area is 174 Å². The molecule has 0 saturated carbocycles. The summed E-state index contributed by atoms with van der Waals surface area (Å²) in [6.07, 6.45) is 12.4. The van der Waals surface area contributed by atoms with Gasteiger partial charge in [-0.25, -0.2) is 9.97 Å². The highest BCUT2D eigenvalue weighted by Crippen LogP contribution is 2.21. The maximum absolute atomic E-state index is 12.8. The van der Waals surface area contributed by atoms with E-state index in [4.69, 9.17) is 4.74 Å². The summed E-state index contributed by atoms with van der Waals surface area (Å²) >= 11 is 0. The second kappa shape index (κ2) is 7.94. The number of fused-ring (bicyclic) bond motifs is 1. The van der Waals surface area contributed by atoms with Crippen LogP contribution in [0, 0.1) is 0 Å². The van der Waals surface area contributed by atoms with Crippen LogP contribution in [0.2, 0.25) is 0 Å². The molecule has 7 nitrogen and oxygen atoms in total. The minimum atomic E-state index is 0.00827. The number of ether oxygens (including phenoxy) is 1. The predicted octanol–water partition coefficient (Wildman–Crippen LogP) is 3.47. The number of hydrogen-bond acceptors (Lipinski definition) is 5. The van der Waals surface area contributed by atoms with Crippen LogP contribution in [0.4, 0.5) is 0 Å². The molecule has 0 radical (unpaired) electrons. The second-order valence-electron chi connectivity index (χ2n) is 7.36. The fourth-order valence-electron chi connectivity index (χ4n) is 3.75. The molecular weight excluding hydrogens is 378 g/mol. The van der Waals surface area contributed by atoms with Crippen molar-refractivity contribution < 1.29 is 9.53 Å². The van der Waals surface area contributed by atoms with Gasteiger partial charge in [0.2, 0.25) is 0 Å². The highest BCUT2D eigenvalue weighted by atomic mass is 16.5. The van der Waals surface area contributed by atoms with E-state index in [-0.39, 0.29) is 12.0 Å². The number of rotatable bonds is 4. The van der Waals surface area contributed by atoms with Crippen LogP contribution in [0.1, 0.15) is 23.2 Å². The van der Waals surface area contributed by atoms with Crippen LogP contribution >= 0.6 is 0 Å². The summed E-state index contributed by atoms with van der Waals surface area (Å²) in [6, 6.07) is 12.1. The number of carbonyl (C=O) groups excluding carboxylic acids is 1. The van der Waals surface area contributed by atoms with Crippen molar-refractivity contribution in [2.45, 2.75) is 18.9 Å². The highest BCUT2D eigenvalue weighted by Gasteiger charge is 2.25. The molecule has 1 aliphatic rings. The molecule has 0 N–H and O–H groups in total. The molecule has 1 aliphatic heterocycles. The molecule has 1 saturated heterocycles. The van der Waals surface area contributed by atoms with Crippen LogP contribution in [0.5, 0.6) is 6.01 Å². The minimum Gasteiger partial charge on any atom is -0.460 e. The first kappa shape index (κ1) is 18.3. The number of piperidine rings is 1.